The molecular weight excluding hydrogens is 265 g/mol. The van der Waals surface area contributed by atoms with Crippen molar-refractivity contribution in [2.75, 3.05) is 0 Å². The molecule has 1 atom stereocenters. The normalized spacial score (nSPS) is 12.6. The van der Waals surface area contributed by atoms with Gasteiger partial charge >= 0.3 is 12.1 Å². The largest absolute Gasteiger partial charge is 0.481 e. The van der Waals surface area contributed by atoms with Crippen LogP contribution in [-0.4, -0.2) is 22.8 Å². The number of ether oxygens (including phenoxy) is 1. The van der Waals surface area contributed by atoms with Crippen molar-refractivity contribution in [3.8, 4) is 0 Å². The average molecular weight is 283 g/mol. The summed E-state index contributed by atoms with van der Waals surface area (Å²) in [5.41, 5.74) is -0.321. The molecule has 0 saturated carbocycles. The van der Waals surface area contributed by atoms with Crippen molar-refractivity contribution >= 4 is 12.1 Å². The maximum atomic E-state index is 13.2. The highest BCUT2D eigenvalue weighted by atomic mass is 19.1. The molecule has 0 heterocycles. The number of alkyl carbamates (subject to hydrolysis) is 1. The van der Waals surface area contributed by atoms with Gasteiger partial charge in [-0.3, -0.25) is 4.79 Å². The van der Waals surface area contributed by atoms with Gasteiger partial charge in [0.25, 0.3) is 0 Å². The number of amides is 1. The van der Waals surface area contributed by atoms with E-state index in [1.165, 1.54) is 18.2 Å². The second-order valence-electron chi connectivity index (χ2n) is 5.35. The Labute approximate surface area is 116 Å². The van der Waals surface area contributed by atoms with Crippen LogP contribution in [0.1, 0.15) is 38.8 Å². The van der Waals surface area contributed by atoms with Crippen molar-refractivity contribution in [3.63, 3.8) is 0 Å². The third-order valence-corrected chi connectivity index (χ3v) is 2.32. The molecule has 110 valence electrons. The maximum Gasteiger partial charge on any atom is 0.408 e. The number of benzene rings is 1. The van der Waals surface area contributed by atoms with Crippen molar-refractivity contribution in [3.05, 3.63) is 35.6 Å². The van der Waals surface area contributed by atoms with Crippen molar-refractivity contribution < 1.29 is 23.8 Å². The van der Waals surface area contributed by atoms with Crippen LogP contribution in [0.2, 0.25) is 0 Å². The summed E-state index contributed by atoms with van der Waals surface area (Å²) in [5, 5.41) is 11.3. The molecule has 5 nitrogen and oxygen atoms in total. The number of halogens is 1. The van der Waals surface area contributed by atoms with E-state index in [-0.39, 0.29) is 6.42 Å². The molecule has 1 rings (SSSR count). The highest BCUT2D eigenvalue weighted by Gasteiger charge is 2.22. The Hall–Kier alpha value is -2.11. The minimum absolute atomic E-state index is 0.358. The molecule has 2 N–H and O–H groups in total. The van der Waals surface area contributed by atoms with Crippen LogP contribution in [0.3, 0.4) is 0 Å². The summed E-state index contributed by atoms with van der Waals surface area (Å²) in [6.45, 7) is 5.09. The Morgan fingerprint density at radius 3 is 2.55 bits per heavy atom. The number of aliphatic carboxylic acids is 1. The van der Waals surface area contributed by atoms with Gasteiger partial charge in [-0.15, -0.1) is 0 Å². The molecule has 0 bridgehead atoms. The van der Waals surface area contributed by atoms with Crippen LogP contribution in [0, 0.1) is 5.82 Å². The lowest BCUT2D eigenvalue weighted by molar-refractivity contribution is -0.137. The number of carbonyl (C=O) groups is 2. The predicted molar refractivity (Wildman–Crippen MR) is 70.8 cm³/mol. The highest BCUT2D eigenvalue weighted by Crippen LogP contribution is 2.19. The lowest BCUT2D eigenvalue weighted by atomic mass is 10.0. The van der Waals surface area contributed by atoms with Crippen LogP contribution in [-0.2, 0) is 9.53 Å². The van der Waals surface area contributed by atoms with Gasteiger partial charge in [0, 0.05) is 0 Å². The average Bonchev–Trinajstić information content (AvgIpc) is 2.24. The van der Waals surface area contributed by atoms with E-state index < -0.39 is 29.5 Å². The lowest BCUT2D eigenvalue weighted by Crippen LogP contribution is -2.35. The minimum Gasteiger partial charge on any atom is -0.481 e. The van der Waals surface area contributed by atoms with Gasteiger partial charge in [-0.05, 0) is 38.5 Å². The molecule has 0 fully saturated rings. The van der Waals surface area contributed by atoms with Crippen LogP contribution in [0.4, 0.5) is 9.18 Å². The summed E-state index contributed by atoms with van der Waals surface area (Å²) in [6.07, 6.45) is -1.10. The number of carbonyl (C=O) groups excluding carboxylic acids is 1. The third-order valence-electron chi connectivity index (χ3n) is 2.32. The molecular formula is C14H18FNO4. The van der Waals surface area contributed by atoms with Gasteiger partial charge < -0.3 is 15.2 Å². The first-order chi connectivity index (χ1) is 9.17. The van der Waals surface area contributed by atoms with Crippen molar-refractivity contribution in [2.24, 2.45) is 0 Å². The van der Waals surface area contributed by atoms with E-state index in [2.05, 4.69) is 5.32 Å². The summed E-state index contributed by atoms with van der Waals surface area (Å²) in [6, 6.07) is 4.59. The van der Waals surface area contributed by atoms with Gasteiger partial charge in [0.1, 0.15) is 11.4 Å². The Morgan fingerprint density at radius 2 is 2.05 bits per heavy atom. The molecule has 0 radical (unpaired) electrons. The predicted octanol–water partition coefficient (Wildman–Crippen LogP) is 2.87. The fourth-order valence-electron chi connectivity index (χ4n) is 1.60. The molecule has 0 aliphatic rings. The van der Waals surface area contributed by atoms with Crippen LogP contribution in [0.25, 0.3) is 0 Å². The summed E-state index contributed by atoms with van der Waals surface area (Å²) in [7, 11) is 0. The fraction of sp³-hybridized carbons (Fsp3) is 0.429. The fourth-order valence-corrected chi connectivity index (χ4v) is 1.60. The first-order valence-electron chi connectivity index (χ1n) is 6.14. The third kappa shape index (κ3) is 5.69. The van der Waals surface area contributed by atoms with Gasteiger partial charge in [-0.25, -0.2) is 9.18 Å². The lowest BCUT2D eigenvalue weighted by Gasteiger charge is -2.23. The molecule has 0 spiro atoms. The second-order valence-corrected chi connectivity index (χ2v) is 5.35. The number of carboxylic acids is 1. The number of rotatable bonds is 4. The van der Waals surface area contributed by atoms with Crippen molar-refractivity contribution in [1.82, 2.24) is 5.32 Å². The first-order valence-corrected chi connectivity index (χ1v) is 6.14. The number of hydrogen-bond acceptors (Lipinski definition) is 3. The summed E-state index contributed by atoms with van der Waals surface area (Å²) in [4.78, 5) is 22.5. The van der Waals surface area contributed by atoms with E-state index in [9.17, 15) is 14.0 Å². The SMILES string of the molecule is CC(C)(C)OC(=O)N[C@H](CC(=O)O)c1cccc(F)c1. The van der Waals surface area contributed by atoms with Crippen LogP contribution in [0.15, 0.2) is 24.3 Å². The zero-order valence-corrected chi connectivity index (χ0v) is 11.6. The molecule has 0 aliphatic heterocycles. The number of hydrogen-bond donors (Lipinski definition) is 2. The topological polar surface area (TPSA) is 75.6 Å². The Balaban J connectivity index is 2.85. The Kier molecular flexibility index (Phi) is 5.07. The van der Waals surface area contributed by atoms with Crippen LogP contribution in [0.5, 0.6) is 0 Å². The Bertz CT molecular complexity index is 496. The number of nitrogens with one attached hydrogen (secondary N) is 1. The molecule has 6 heteroatoms. The smallest absolute Gasteiger partial charge is 0.408 e. The van der Waals surface area contributed by atoms with Gasteiger partial charge in [0.15, 0.2) is 0 Å². The summed E-state index contributed by atoms with van der Waals surface area (Å²) >= 11 is 0. The van der Waals surface area contributed by atoms with E-state index in [4.69, 9.17) is 9.84 Å². The summed E-state index contributed by atoms with van der Waals surface area (Å²) < 4.78 is 18.2. The van der Waals surface area contributed by atoms with Gasteiger partial charge in [-0.1, -0.05) is 12.1 Å². The van der Waals surface area contributed by atoms with E-state index in [0.29, 0.717) is 5.56 Å². The van der Waals surface area contributed by atoms with Gasteiger partial charge in [-0.2, -0.15) is 0 Å². The zero-order chi connectivity index (χ0) is 15.3. The van der Waals surface area contributed by atoms with Gasteiger partial charge in [0.2, 0.25) is 0 Å². The molecule has 0 saturated heterocycles. The van der Waals surface area contributed by atoms with Crippen LogP contribution < -0.4 is 5.32 Å². The minimum atomic E-state index is -1.10. The van der Waals surface area contributed by atoms with E-state index in [0.717, 1.165) is 0 Å². The van der Waals surface area contributed by atoms with E-state index >= 15 is 0 Å². The zero-order valence-electron chi connectivity index (χ0n) is 11.6. The molecule has 0 aromatic heterocycles. The molecule has 1 amide bonds. The molecule has 1 aromatic carbocycles. The van der Waals surface area contributed by atoms with Crippen LogP contribution >= 0.6 is 0 Å². The van der Waals surface area contributed by atoms with Gasteiger partial charge in [0.05, 0.1) is 12.5 Å². The van der Waals surface area contributed by atoms with Crippen molar-refractivity contribution in [2.45, 2.75) is 38.8 Å². The highest BCUT2D eigenvalue weighted by molar-refractivity contribution is 5.72. The molecule has 1 aromatic rings. The van der Waals surface area contributed by atoms with Crippen molar-refractivity contribution in [1.29, 1.82) is 0 Å². The molecule has 0 aliphatic carbocycles. The Morgan fingerprint density at radius 1 is 1.40 bits per heavy atom. The van der Waals surface area contributed by atoms with E-state index in [1.807, 2.05) is 0 Å². The molecule has 20 heavy (non-hydrogen) atoms. The van der Waals surface area contributed by atoms with E-state index in [1.54, 1.807) is 26.8 Å². The molecule has 0 unspecified atom stereocenters. The second kappa shape index (κ2) is 6.36. The maximum absolute atomic E-state index is 13.2. The monoisotopic (exact) mass is 283 g/mol. The number of carboxylic acid groups (broad SMARTS) is 1. The summed E-state index contributed by atoms with van der Waals surface area (Å²) in [5.74, 6) is -1.60. The first kappa shape index (κ1) is 15.9. The quantitative estimate of drug-likeness (QED) is 0.891. The standard InChI is InChI=1S/C14H18FNO4/c1-14(2,3)20-13(19)16-11(8-12(17)18)9-5-4-6-10(15)7-9/h4-7,11H,8H2,1-3H3,(H,16,19)(H,17,18)/t11-/m1/s1.